The zero-order valence-corrected chi connectivity index (χ0v) is 11.3. The first-order valence-corrected chi connectivity index (χ1v) is 6.55. The van der Waals surface area contributed by atoms with Gasteiger partial charge >= 0.3 is 0 Å². The molecule has 1 saturated heterocycles. The lowest BCUT2D eigenvalue weighted by atomic mass is 9.74. The Bertz CT molecular complexity index is 386. The molecule has 1 unspecified atom stereocenters. The van der Waals surface area contributed by atoms with E-state index in [1.54, 1.807) is 0 Å². The van der Waals surface area contributed by atoms with E-state index in [1.807, 2.05) is 0 Å². The number of hydrogen-bond acceptors (Lipinski definition) is 1. The van der Waals surface area contributed by atoms with Crippen molar-refractivity contribution in [1.82, 2.24) is 0 Å². The minimum atomic E-state index is -0.646. The molecule has 1 heterocycles. The molecule has 0 saturated carbocycles. The summed E-state index contributed by atoms with van der Waals surface area (Å²) in [5, 5.41) is 11.0. The molecule has 1 aromatic rings. The Labute approximate surface area is 104 Å². The van der Waals surface area contributed by atoms with Crippen LogP contribution in [0.15, 0.2) is 24.3 Å². The molecule has 1 aromatic carbocycles. The first kappa shape index (κ1) is 12.6. The highest BCUT2D eigenvalue weighted by atomic mass is 16.3. The second-order valence-corrected chi connectivity index (χ2v) is 5.85. The topological polar surface area (TPSA) is 24.7 Å². The fourth-order valence-electron chi connectivity index (χ4n) is 2.94. The Morgan fingerprint density at radius 2 is 1.82 bits per heavy atom. The summed E-state index contributed by atoms with van der Waals surface area (Å²) in [5.74, 6) is 0.307. The summed E-state index contributed by atoms with van der Waals surface area (Å²) in [4.78, 5) is 1.52. The van der Waals surface area contributed by atoms with Crippen LogP contribution in [0.3, 0.4) is 0 Å². The molecular weight excluding hydrogens is 210 g/mol. The van der Waals surface area contributed by atoms with Gasteiger partial charge in [0.25, 0.3) is 0 Å². The van der Waals surface area contributed by atoms with Gasteiger partial charge in [-0.05, 0) is 19.4 Å². The zero-order chi connectivity index (χ0) is 12.6. The fraction of sp³-hybridized carbons (Fsp3) is 0.600. The monoisotopic (exact) mass is 234 g/mol. The van der Waals surface area contributed by atoms with Gasteiger partial charge in [-0.2, -0.15) is 0 Å². The third-order valence-corrected chi connectivity index (χ3v) is 4.45. The lowest BCUT2D eigenvalue weighted by Gasteiger charge is -2.43. The molecule has 2 heteroatoms. The number of aryl methyl sites for hydroxylation is 1. The standard InChI is InChI=1S/C15H23NO/c1-11-5-7-14(8-6-11)15(17)9-13(3)16(4)10-12(15)2/h5-8,12-13,17H,9-10H2,1-4H3/p+1/t12-,13-,15-/m0/s1. The smallest absolute Gasteiger partial charge is 0.103 e. The predicted octanol–water partition coefficient (Wildman–Crippen LogP) is 1.13. The summed E-state index contributed by atoms with van der Waals surface area (Å²) in [5.41, 5.74) is 1.68. The molecule has 1 aliphatic rings. The van der Waals surface area contributed by atoms with E-state index in [2.05, 4.69) is 52.1 Å². The fourth-order valence-corrected chi connectivity index (χ4v) is 2.94. The Morgan fingerprint density at radius 1 is 1.24 bits per heavy atom. The van der Waals surface area contributed by atoms with Crippen LogP contribution < -0.4 is 4.90 Å². The molecule has 17 heavy (non-hydrogen) atoms. The molecular formula is C15H24NO+. The van der Waals surface area contributed by atoms with Crippen LogP contribution >= 0.6 is 0 Å². The highest BCUT2D eigenvalue weighted by Crippen LogP contribution is 2.35. The summed E-state index contributed by atoms with van der Waals surface area (Å²) in [6.07, 6.45) is 0.850. The van der Waals surface area contributed by atoms with Crippen molar-refractivity contribution in [2.45, 2.75) is 38.8 Å². The van der Waals surface area contributed by atoms with E-state index >= 15 is 0 Å². The van der Waals surface area contributed by atoms with Crippen molar-refractivity contribution in [3.63, 3.8) is 0 Å². The molecule has 2 nitrogen and oxygen atoms in total. The molecule has 2 N–H and O–H groups in total. The van der Waals surface area contributed by atoms with Crippen LogP contribution in [-0.2, 0) is 5.60 Å². The van der Waals surface area contributed by atoms with E-state index in [0.717, 1.165) is 18.5 Å². The Hall–Kier alpha value is -0.860. The Kier molecular flexibility index (Phi) is 3.28. The van der Waals surface area contributed by atoms with Gasteiger partial charge in [-0.3, -0.25) is 0 Å². The van der Waals surface area contributed by atoms with Crippen LogP contribution in [0.1, 0.15) is 31.4 Å². The van der Waals surface area contributed by atoms with E-state index in [9.17, 15) is 5.11 Å². The van der Waals surface area contributed by atoms with Crippen LogP contribution in [0.5, 0.6) is 0 Å². The van der Waals surface area contributed by atoms with E-state index < -0.39 is 5.60 Å². The number of rotatable bonds is 1. The van der Waals surface area contributed by atoms with Crippen molar-refractivity contribution in [3.8, 4) is 0 Å². The molecule has 94 valence electrons. The quantitative estimate of drug-likeness (QED) is 0.748. The van der Waals surface area contributed by atoms with E-state index in [4.69, 9.17) is 0 Å². The number of benzene rings is 1. The largest absolute Gasteiger partial charge is 0.384 e. The molecule has 2 rings (SSSR count). The molecule has 1 fully saturated rings. The van der Waals surface area contributed by atoms with Crippen molar-refractivity contribution in [2.75, 3.05) is 13.6 Å². The Morgan fingerprint density at radius 3 is 2.41 bits per heavy atom. The molecule has 0 bridgehead atoms. The number of hydrogen-bond donors (Lipinski definition) is 2. The second kappa shape index (κ2) is 4.43. The lowest BCUT2D eigenvalue weighted by molar-refractivity contribution is -0.916. The Balaban J connectivity index is 2.31. The minimum absolute atomic E-state index is 0.307. The van der Waals surface area contributed by atoms with Crippen molar-refractivity contribution < 1.29 is 10.0 Å². The highest BCUT2D eigenvalue weighted by Gasteiger charge is 2.44. The first-order chi connectivity index (χ1) is 7.93. The van der Waals surface area contributed by atoms with Crippen LogP contribution in [0.2, 0.25) is 0 Å². The summed E-state index contributed by atoms with van der Waals surface area (Å²) in [7, 11) is 2.22. The normalized spacial score (nSPS) is 38.1. The zero-order valence-electron chi connectivity index (χ0n) is 11.3. The highest BCUT2D eigenvalue weighted by molar-refractivity contribution is 5.27. The van der Waals surface area contributed by atoms with Crippen molar-refractivity contribution >= 4 is 0 Å². The number of nitrogens with one attached hydrogen (secondary N) is 1. The molecule has 0 radical (unpaired) electrons. The van der Waals surface area contributed by atoms with Gasteiger partial charge in [0.15, 0.2) is 0 Å². The molecule has 0 spiro atoms. The van der Waals surface area contributed by atoms with Gasteiger partial charge in [0, 0.05) is 12.3 Å². The van der Waals surface area contributed by atoms with E-state index in [-0.39, 0.29) is 0 Å². The van der Waals surface area contributed by atoms with Crippen LogP contribution in [0.4, 0.5) is 0 Å². The van der Waals surface area contributed by atoms with Crippen molar-refractivity contribution in [1.29, 1.82) is 0 Å². The number of quaternary nitrogens is 1. The van der Waals surface area contributed by atoms with Gasteiger partial charge in [-0.15, -0.1) is 0 Å². The van der Waals surface area contributed by atoms with Crippen LogP contribution in [0.25, 0.3) is 0 Å². The molecule has 0 aromatic heterocycles. The molecule has 0 amide bonds. The van der Waals surface area contributed by atoms with Crippen molar-refractivity contribution in [3.05, 3.63) is 35.4 Å². The van der Waals surface area contributed by atoms with Crippen LogP contribution in [0, 0.1) is 12.8 Å². The molecule has 4 atom stereocenters. The summed E-state index contributed by atoms with van der Waals surface area (Å²) < 4.78 is 0. The predicted molar refractivity (Wildman–Crippen MR) is 70.1 cm³/mol. The maximum Gasteiger partial charge on any atom is 0.103 e. The average molecular weight is 234 g/mol. The van der Waals surface area contributed by atoms with E-state index in [0.29, 0.717) is 12.0 Å². The summed E-state index contributed by atoms with van der Waals surface area (Å²) >= 11 is 0. The van der Waals surface area contributed by atoms with Gasteiger partial charge in [-0.1, -0.05) is 36.8 Å². The number of likely N-dealkylation sites (tertiary alicyclic amines) is 1. The van der Waals surface area contributed by atoms with Crippen LogP contribution in [-0.4, -0.2) is 24.7 Å². The van der Waals surface area contributed by atoms with Gasteiger partial charge < -0.3 is 10.0 Å². The van der Waals surface area contributed by atoms with Gasteiger partial charge in [-0.25, -0.2) is 0 Å². The summed E-state index contributed by atoms with van der Waals surface area (Å²) in [6.45, 7) is 7.50. The van der Waals surface area contributed by atoms with Gasteiger partial charge in [0.2, 0.25) is 0 Å². The number of aliphatic hydroxyl groups is 1. The van der Waals surface area contributed by atoms with E-state index in [1.165, 1.54) is 10.5 Å². The van der Waals surface area contributed by atoms with Gasteiger partial charge in [0.05, 0.1) is 19.6 Å². The average Bonchev–Trinajstić information content (AvgIpc) is 2.27. The SMILES string of the molecule is Cc1ccc([C@]2(O)C[C@H](C)[NH+](C)C[C@@H]2C)cc1. The lowest BCUT2D eigenvalue weighted by Crippen LogP contribution is -3.15. The third kappa shape index (κ3) is 2.24. The molecule has 0 aliphatic carbocycles. The maximum atomic E-state index is 11.0. The maximum absolute atomic E-state index is 11.0. The van der Waals surface area contributed by atoms with Crippen molar-refractivity contribution in [2.24, 2.45) is 5.92 Å². The third-order valence-electron chi connectivity index (χ3n) is 4.45. The first-order valence-electron chi connectivity index (χ1n) is 6.55. The van der Waals surface area contributed by atoms with Gasteiger partial charge in [0.1, 0.15) is 5.60 Å². The molecule has 1 aliphatic heterocycles. The second-order valence-electron chi connectivity index (χ2n) is 5.85. The minimum Gasteiger partial charge on any atom is -0.384 e. The number of piperidine rings is 1. The summed E-state index contributed by atoms with van der Waals surface area (Å²) in [6, 6.07) is 8.86.